The lowest BCUT2D eigenvalue weighted by atomic mass is 10.1. The third-order valence-electron chi connectivity index (χ3n) is 3.38. The van der Waals surface area contributed by atoms with E-state index in [2.05, 4.69) is 40.2 Å². The van der Waals surface area contributed by atoms with Crippen molar-refractivity contribution in [1.82, 2.24) is 0 Å². The van der Waals surface area contributed by atoms with Gasteiger partial charge in [-0.15, -0.1) is 0 Å². The van der Waals surface area contributed by atoms with Crippen LogP contribution in [-0.4, -0.2) is 7.11 Å². The van der Waals surface area contributed by atoms with E-state index in [-0.39, 0.29) is 0 Å². The lowest BCUT2D eigenvalue weighted by Gasteiger charge is -2.11. The molecule has 0 unspecified atom stereocenters. The zero-order chi connectivity index (χ0) is 13.9. The van der Waals surface area contributed by atoms with Crippen molar-refractivity contribution in [2.75, 3.05) is 7.11 Å². The molecule has 3 rings (SSSR count). The number of benzene rings is 2. The van der Waals surface area contributed by atoms with Gasteiger partial charge in [-0.1, -0.05) is 24.3 Å². The summed E-state index contributed by atoms with van der Waals surface area (Å²) in [5, 5.41) is 0. The molecule has 0 atom stereocenters. The topological polar surface area (TPSA) is 18.5 Å². The predicted octanol–water partition coefficient (Wildman–Crippen LogP) is 4.61. The first-order valence-corrected chi connectivity index (χ1v) is 7.30. The van der Waals surface area contributed by atoms with Gasteiger partial charge in [0, 0.05) is 0 Å². The molecule has 20 heavy (non-hydrogen) atoms. The first kappa shape index (κ1) is 13.3. The van der Waals surface area contributed by atoms with Crippen LogP contribution in [0.25, 0.3) is 6.08 Å². The first-order valence-electron chi connectivity index (χ1n) is 6.51. The molecule has 0 bridgehead atoms. The molecule has 0 radical (unpaired) electrons. The Morgan fingerprint density at radius 3 is 2.70 bits per heavy atom. The number of hydrogen-bond acceptors (Lipinski definition) is 2. The van der Waals surface area contributed by atoms with E-state index >= 15 is 0 Å². The summed E-state index contributed by atoms with van der Waals surface area (Å²) in [6.45, 7) is 0.550. The van der Waals surface area contributed by atoms with Crippen LogP contribution in [-0.2, 0) is 13.0 Å². The lowest BCUT2D eigenvalue weighted by molar-refractivity contribution is 0.303. The van der Waals surface area contributed by atoms with E-state index in [1.807, 2.05) is 24.3 Å². The van der Waals surface area contributed by atoms with Crippen LogP contribution in [0.1, 0.15) is 16.7 Å². The minimum absolute atomic E-state index is 0.550. The Morgan fingerprint density at radius 2 is 1.95 bits per heavy atom. The normalized spacial score (nSPS) is 12.3. The van der Waals surface area contributed by atoms with Gasteiger partial charge in [0.25, 0.3) is 0 Å². The van der Waals surface area contributed by atoms with Crippen LogP contribution < -0.4 is 9.47 Å². The van der Waals surface area contributed by atoms with Gasteiger partial charge < -0.3 is 9.47 Å². The van der Waals surface area contributed by atoms with E-state index in [9.17, 15) is 0 Å². The summed E-state index contributed by atoms with van der Waals surface area (Å²) < 4.78 is 12.0. The van der Waals surface area contributed by atoms with Crippen LogP contribution in [0, 0.1) is 0 Å². The molecule has 2 aromatic carbocycles. The summed E-state index contributed by atoms with van der Waals surface area (Å²) in [7, 11) is 1.67. The highest BCUT2D eigenvalue weighted by atomic mass is 79.9. The highest BCUT2D eigenvalue weighted by Gasteiger charge is 2.10. The highest BCUT2D eigenvalue weighted by Crippen LogP contribution is 2.32. The zero-order valence-electron chi connectivity index (χ0n) is 11.2. The smallest absolute Gasteiger partial charge is 0.134 e. The van der Waals surface area contributed by atoms with Crippen LogP contribution in [0.4, 0.5) is 0 Å². The summed E-state index contributed by atoms with van der Waals surface area (Å²) >= 11 is 3.57. The molecule has 1 aliphatic rings. The maximum atomic E-state index is 5.91. The summed E-state index contributed by atoms with van der Waals surface area (Å²) in [5.41, 5.74) is 3.71. The summed E-state index contributed by atoms with van der Waals surface area (Å²) in [5.74, 6) is 1.75. The van der Waals surface area contributed by atoms with Gasteiger partial charge in [0.2, 0.25) is 0 Å². The van der Waals surface area contributed by atoms with Crippen molar-refractivity contribution in [3.05, 3.63) is 63.6 Å². The van der Waals surface area contributed by atoms with Crippen molar-refractivity contribution in [1.29, 1.82) is 0 Å². The van der Waals surface area contributed by atoms with Crippen LogP contribution in [0.3, 0.4) is 0 Å². The quantitative estimate of drug-likeness (QED) is 0.815. The third-order valence-corrected chi connectivity index (χ3v) is 4.00. The van der Waals surface area contributed by atoms with Crippen LogP contribution in [0.15, 0.2) is 46.9 Å². The van der Waals surface area contributed by atoms with E-state index in [4.69, 9.17) is 9.47 Å². The molecule has 0 heterocycles. The zero-order valence-corrected chi connectivity index (χ0v) is 12.8. The Hall–Kier alpha value is -1.74. The number of ether oxygens (including phenoxy) is 2. The first-order chi connectivity index (χ1) is 9.76. The lowest BCUT2D eigenvalue weighted by Crippen LogP contribution is -1.97. The number of fused-ring (bicyclic) bond motifs is 1. The molecule has 2 aromatic rings. The second-order valence-electron chi connectivity index (χ2n) is 4.72. The second kappa shape index (κ2) is 5.71. The molecule has 2 nitrogen and oxygen atoms in total. The molecule has 102 valence electrons. The molecule has 3 heteroatoms. The summed E-state index contributed by atoms with van der Waals surface area (Å²) in [6, 6.07) is 12.1. The van der Waals surface area contributed by atoms with Gasteiger partial charge >= 0.3 is 0 Å². The predicted molar refractivity (Wildman–Crippen MR) is 84.2 cm³/mol. The number of methoxy groups -OCH3 is 1. The van der Waals surface area contributed by atoms with Crippen molar-refractivity contribution in [3.8, 4) is 11.5 Å². The fourth-order valence-electron chi connectivity index (χ4n) is 2.25. The third kappa shape index (κ3) is 2.73. The van der Waals surface area contributed by atoms with Crippen molar-refractivity contribution < 1.29 is 9.47 Å². The van der Waals surface area contributed by atoms with Gasteiger partial charge in [0.1, 0.15) is 18.1 Å². The highest BCUT2D eigenvalue weighted by molar-refractivity contribution is 9.10. The molecular weight excluding hydrogens is 316 g/mol. The molecular formula is C17H15BrO2. The minimum Gasteiger partial charge on any atom is -0.497 e. The summed E-state index contributed by atoms with van der Waals surface area (Å²) in [6.07, 6.45) is 5.30. The molecule has 0 aliphatic heterocycles. The van der Waals surface area contributed by atoms with Crippen LogP contribution >= 0.6 is 15.9 Å². The van der Waals surface area contributed by atoms with E-state index < -0.39 is 0 Å². The Kier molecular flexibility index (Phi) is 3.79. The molecule has 0 fully saturated rings. The van der Waals surface area contributed by atoms with Gasteiger partial charge in [-0.2, -0.15) is 0 Å². The van der Waals surface area contributed by atoms with Crippen molar-refractivity contribution in [2.45, 2.75) is 13.0 Å². The molecule has 0 saturated heterocycles. The largest absolute Gasteiger partial charge is 0.497 e. The van der Waals surface area contributed by atoms with Crippen LogP contribution in [0.2, 0.25) is 0 Å². The van der Waals surface area contributed by atoms with Gasteiger partial charge in [-0.3, -0.25) is 0 Å². The maximum absolute atomic E-state index is 5.91. The standard InChI is InChI=1S/C17H15BrO2/c1-19-15-7-5-12(6-8-15)11-20-17-10-14-4-2-3-13(14)9-16(17)18/h2-3,5-10H,4,11H2,1H3. The minimum atomic E-state index is 0.550. The van der Waals surface area contributed by atoms with Crippen molar-refractivity contribution in [2.24, 2.45) is 0 Å². The van der Waals surface area contributed by atoms with Gasteiger partial charge in [0.15, 0.2) is 0 Å². The van der Waals surface area contributed by atoms with Crippen molar-refractivity contribution >= 4 is 22.0 Å². The second-order valence-corrected chi connectivity index (χ2v) is 5.58. The Morgan fingerprint density at radius 1 is 1.15 bits per heavy atom. The molecule has 0 N–H and O–H groups in total. The Labute approximate surface area is 127 Å². The SMILES string of the molecule is COc1ccc(COc2cc3c(cc2Br)C=CC3)cc1. The monoisotopic (exact) mass is 330 g/mol. The number of allylic oxidation sites excluding steroid dienone is 1. The van der Waals surface area contributed by atoms with E-state index in [1.165, 1.54) is 11.1 Å². The average molecular weight is 331 g/mol. The molecule has 1 aliphatic carbocycles. The van der Waals surface area contributed by atoms with E-state index in [1.54, 1.807) is 7.11 Å². The molecule has 0 saturated carbocycles. The maximum Gasteiger partial charge on any atom is 0.134 e. The van der Waals surface area contributed by atoms with Gasteiger partial charge in [-0.25, -0.2) is 0 Å². The molecule has 0 spiro atoms. The molecule has 0 aromatic heterocycles. The number of halogens is 1. The molecule has 0 amide bonds. The number of hydrogen-bond donors (Lipinski definition) is 0. The number of rotatable bonds is 4. The van der Waals surface area contributed by atoms with Gasteiger partial charge in [0.05, 0.1) is 11.6 Å². The average Bonchev–Trinajstić information content (AvgIpc) is 2.92. The Balaban J connectivity index is 1.72. The summed E-state index contributed by atoms with van der Waals surface area (Å²) in [4.78, 5) is 0. The van der Waals surface area contributed by atoms with E-state index in [0.29, 0.717) is 6.61 Å². The van der Waals surface area contributed by atoms with E-state index in [0.717, 1.165) is 28.0 Å². The Bertz CT molecular complexity index is 645. The van der Waals surface area contributed by atoms with Gasteiger partial charge in [-0.05, 0) is 63.3 Å². The van der Waals surface area contributed by atoms with Crippen LogP contribution in [0.5, 0.6) is 11.5 Å². The fraction of sp³-hybridized carbons (Fsp3) is 0.176. The fourth-order valence-corrected chi connectivity index (χ4v) is 2.72. The van der Waals surface area contributed by atoms with Crippen molar-refractivity contribution in [3.63, 3.8) is 0 Å².